The number of hydrogen-bond acceptors (Lipinski definition) is 6. The summed E-state index contributed by atoms with van der Waals surface area (Å²) in [5.41, 5.74) is 0.339. The SMILES string of the molecule is CC(C)OC(=O)C(C)NP(=O)(Oc1ccccc1)Oc1cccc(C#N)c1. The van der Waals surface area contributed by atoms with Crippen LogP contribution in [0.2, 0.25) is 0 Å². The molecule has 0 spiro atoms. The molecule has 0 aliphatic carbocycles. The Morgan fingerprint density at radius 3 is 2.30 bits per heavy atom. The first kappa shape index (κ1) is 20.5. The zero-order chi connectivity index (χ0) is 19.9. The predicted octanol–water partition coefficient (Wildman–Crippen LogP) is 4.05. The maximum absolute atomic E-state index is 13.3. The molecule has 0 amide bonds. The van der Waals surface area contributed by atoms with Crippen molar-refractivity contribution in [2.75, 3.05) is 0 Å². The van der Waals surface area contributed by atoms with E-state index in [0.717, 1.165) is 0 Å². The highest BCUT2D eigenvalue weighted by Gasteiger charge is 2.34. The second-order valence-electron chi connectivity index (χ2n) is 5.97. The third-order valence-corrected chi connectivity index (χ3v) is 4.82. The molecular formula is C19H21N2O5P. The summed E-state index contributed by atoms with van der Waals surface area (Å²) in [6.07, 6.45) is -0.315. The predicted molar refractivity (Wildman–Crippen MR) is 100 cm³/mol. The van der Waals surface area contributed by atoms with Crippen LogP contribution >= 0.6 is 7.75 Å². The molecule has 2 atom stereocenters. The molecule has 0 heterocycles. The molecule has 0 bridgehead atoms. The molecule has 0 aromatic heterocycles. The fourth-order valence-electron chi connectivity index (χ4n) is 2.08. The summed E-state index contributed by atoms with van der Waals surface area (Å²) in [6.45, 7) is 4.93. The van der Waals surface area contributed by atoms with Gasteiger partial charge in [0.25, 0.3) is 0 Å². The van der Waals surface area contributed by atoms with E-state index in [-0.39, 0.29) is 11.9 Å². The molecule has 2 unspecified atom stereocenters. The monoisotopic (exact) mass is 388 g/mol. The largest absolute Gasteiger partial charge is 0.513 e. The number of carbonyl (C=O) groups is 1. The molecule has 142 valence electrons. The van der Waals surface area contributed by atoms with Crippen molar-refractivity contribution < 1.29 is 23.1 Å². The number of carbonyl (C=O) groups excluding carboxylic acids is 1. The number of para-hydroxylation sites is 1. The molecule has 0 radical (unpaired) electrons. The minimum absolute atomic E-state index is 0.172. The quantitative estimate of drug-likeness (QED) is 0.538. The fourth-order valence-corrected chi connectivity index (χ4v) is 3.59. The van der Waals surface area contributed by atoms with Gasteiger partial charge in [0.15, 0.2) is 0 Å². The van der Waals surface area contributed by atoms with Crippen LogP contribution in [0.15, 0.2) is 54.6 Å². The lowest BCUT2D eigenvalue weighted by Gasteiger charge is -2.23. The summed E-state index contributed by atoms with van der Waals surface area (Å²) in [6, 6.07) is 15.6. The molecule has 0 aliphatic heterocycles. The number of hydrogen-bond donors (Lipinski definition) is 1. The van der Waals surface area contributed by atoms with Crippen LogP contribution in [0.1, 0.15) is 26.3 Å². The average Bonchev–Trinajstić information content (AvgIpc) is 2.61. The zero-order valence-corrected chi connectivity index (χ0v) is 16.2. The molecule has 7 nitrogen and oxygen atoms in total. The van der Waals surface area contributed by atoms with Crippen molar-refractivity contribution in [1.82, 2.24) is 5.09 Å². The lowest BCUT2D eigenvalue weighted by atomic mass is 10.2. The molecular weight excluding hydrogens is 367 g/mol. The van der Waals surface area contributed by atoms with Crippen LogP contribution in [0.4, 0.5) is 0 Å². The lowest BCUT2D eigenvalue weighted by Crippen LogP contribution is -2.36. The standard InChI is InChI=1S/C19H21N2O5P/c1-14(2)24-19(22)15(3)21-27(23,25-17-9-5-4-6-10-17)26-18-11-7-8-16(12-18)13-20/h4-12,14-15H,1-3H3,(H,21,23). The highest BCUT2D eigenvalue weighted by Crippen LogP contribution is 2.45. The summed E-state index contributed by atoms with van der Waals surface area (Å²) in [7, 11) is -4.01. The van der Waals surface area contributed by atoms with Gasteiger partial charge in [0.2, 0.25) is 0 Å². The van der Waals surface area contributed by atoms with Crippen molar-refractivity contribution in [1.29, 1.82) is 5.26 Å². The van der Waals surface area contributed by atoms with Gasteiger partial charge in [0, 0.05) is 0 Å². The number of esters is 1. The fraction of sp³-hybridized carbons (Fsp3) is 0.263. The van der Waals surface area contributed by atoms with Gasteiger partial charge < -0.3 is 13.8 Å². The van der Waals surface area contributed by atoms with Crippen LogP contribution < -0.4 is 14.1 Å². The molecule has 2 aromatic carbocycles. The first-order valence-corrected chi connectivity index (χ1v) is 9.88. The summed E-state index contributed by atoms with van der Waals surface area (Å²) < 4.78 is 29.5. The summed E-state index contributed by atoms with van der Waals surface area (Å²) in [5.74, 6) is -0.115. The Hall–Kier alpha value is -2.81. The molecule has 27 heavy (non-hydrogen) atoms. The van der Waals surface area contributed by atoms with Gasteiger partial charge in [-0.15, -0.1) is 0 Å². The molecule has 1 N–H and O–H groups in total. The molecule has 0 saturated carbocycles. The molecule has 2 aromatic rings. The van der Waals surface area contributed by atoms with E-state index < -0.39 is 19.8 Å². The highest BCUT2D eigenvalue weighted by molar-refractivity contribution is 7.52. The summed E-state index contributed by atoms with van der Waals surface area (Å²) in [4.78, 5) is 12.1. The lowest BCUT2D eigenvalue weighted by molar-refractivity contribution is -0.149. The Bertz CT molecular complexity index is 864. The van der Waals surface area contributed by atoms with E-state index in [9.17, 15) is 9.36 Å². The highest BCUT2D eigenvalue weighted by atomic mass is 31.2. The number of ether oxygens (including phenoxy) is 1. The Labute approximate surface area is 158 Å². The van der Waals surface area contributed by atoms with Crippen molar-refractivity contribution in [3.05, 3.63) is 60.2 Å². The maximum atomic E-state index is 13.3. The van der Waals surface area contributed by atoms with E-state index in [1.807, 2.05) is 6.07 Å². The summed E-state index contributed by atoms with van der Waals surface area (Å²) >= 11 is 0. The average molecular weight is 388 g/mol. The van der Waals surface area contributed by atoms with Gasteiger partial charge in [0.05, 0.1) is 17.7 Å². The van der Waals surface area contributed by atoms with E-state index in [1.54, 1.807) is 62.4 Å². The van der Waals surface area contributed by atoms with Crippen molar-refractivity contribution >= 4 is 13.7 Å². The van der Waals surface area contributed by atoms with Crippen LogP contribution in [-0.4, -0.2) is 18.1 Å². The molecule has 0 fully saturated rings. The van der Waals surface area contributed by atoms with E-state index in [2.05, 4.69) is 5.09 Å². The minimum atomic E-state index is -4.01. The topological polar surface area (TPSA) is 97.7 Å². The third-order valence-electron chi connectivity index (χ3n) is 3.21. The van der Waals surface area contributed by atoms with Gasteiger partial charge in [-0.3, -0.25) is 4.79 Å². The molecule has 0 saturated heterocycles. The van der Waals surface area contributed by atoms with Crippen LogP contribution in [0.3, 0.4) is 0 Å². The van der Waals surface area contributed by atoms with E-state index in [4.69, 9.17) is 19.0 Å². The van der Waals surface area contributed by atoms with Crippen LogP contribution in [0.5, 0.6) is 11.5 Å². The third kappa shape index (κ3) is 6.45. The van der Waals surface area contributed by atoms with Crippen LogP contribution in [0.25, 0.3) is 0 Å². The first-order chi connectivity index (χ1) is 12.8. The van der Waals surface area contributed by atoms with E-state index in [1.165, 1.54) is 13.0 Å². The van der Waals surface area contributed by atoms with Crippen LogP contribution in [0, 0.1) is 11.3 Å². The smallest absolute Gasteiger partial charge is 0.462 e. The molecule has 8 heteroatoms. The van der Waals surface area contributed by atoms with Crippen LogP contribution in [-0.2, 0) is 14.1 Å². The molecule has 0 aliphatic rings. The maximum Gasteiger partial charge on any atom is 0.513 e. The van der Waals surface area contributed by atoms with Crippen molar-refractivity contribution in [2.24, 2.45) is 0 Å². The number of nitrogens with zero attached hydrogens (tertiary/aromatic N) is 1. The van der Waals surface area contributed by atoms with Gasteiger partial charge in [-0.1, -0.05) is 24.3 Å². The van der Waals surface area contributed by atoms with Crippen molar-refractivity contribution in [3.8, 4) is 17.6 Å². The Kier molecular flexibility index (Phi) is 7.00. The van der Waals surface area contributed by atoms with Gasteiger partial charge in [-0.25, -0.2) is 4.57 Å². The summed E-state index contributed by atoms with van der Waals surface area (Å²) in [5, 5.41) is 11.6. The van der Waals surface area contributed by atoms with E-state index in [0.29, 0.717) is 11.3 Å². The number of rotatable bonds is 8. The van der Waals surface area contributed by atoms with E-state index >= 15 is 0 Å². The number of benzene rings is 2. The Morgan fingerprint density at radius 1 is 1.04 bits per heavy atom. The second kappa shape index (κ2) is 9.22. The van der Waals surface area contributed by atoms with Crippen molar-refractivity contribution in [3.63, 3.8) is 0 Å². The second-order valence-corrected chi connectivity index (χ2v) is 7.59. The van der Waals surface area contributed by atoms with Gasteiger partial charge in [0.1, 0.15) is 17.5 Å². The molecule has 2 rings (SSSR count). The Balaban J connectivity index is 2.26. The van der Waals surface area contributed by atoms with Crippen molar-refractivity contribution in [2.45, 2.75) is 32.9 Å². The Morgan fingerprint density at radius 2 is 1.67 bits per heavy atom. The first-order valence-electron chi connectivity index (χ1n) is 8.34. The zero-order valence-electron chi connectivity index (χ0n) is 15.3. The minimum Gasteiger partial charge on any atom is -0.462 e. The van der Waals surface area contributed by atoms with Gasteiger partial charge >= 0.3 is 13.7 Å². The number of nitrogens with one attached hydrogen (secondary N) is 1. The van der Waals surface area contributed by atoms with Gasteiger partial charge in [-0.05, 0) is 51.1 Å². The van der Waals surface area contributed by atoms with Gasteiger partial charge in [-0.2, -0.15) is 10.3 Å². The normalized spacial score (nSPS) is 13.9. The number of nitriles is 1.